The van der Waals surface area contributed by atoms with Crippen LogP contribution in [0.2, 0.25) is 0 Å². The van der Waals surface area contributed by atoms with E-state index >= 15 is 0 Å². The van der Waals surface area contributed by atoms with Crippen LogP contribution in [0.4, 0.5) is 0 Å². The first kappa shape index (κ1) is 15.3. The van der Waals surface area contributed by atoms with Gasteiger partial charge in [-0.3, -0.25) is 9.69 Å². The van der Waals surface area contributed by atoms with Gasteiger partial charge in [-0.1, -0.05) is 13.8 Å². The van der Waals surface area contributed by atoms with Crippen molar-refractivity contribution in [3.63, 3.8) is 0 Å². The van der Waals surface area contributed by atoms with Crippen LogP contribution in [0.1, 0.15) is 52.4 Å². The third kappa shape index (κ3) is 3.78. The highest BCUT2D eigenvalue weighted by Crippen LogP contribution is 2.40. The number of piperidine rings is 1. The molecule has 0 aromatic heterocycles. The van der Waals surface area contributed by atoms with Gasteiger partial charge in [0.1, 0.15) is 0 Å². The third-order valence-electron chi connectivity index (χ3n) is 5.82. The lowest BCUT2D eigenvalue weighted by Gasteiger charge is -2.40. The smallest absolute Gasteiger partial charge is 0.221 e. The van der Waals surface area contributed by atoms with Gasteiger partial charge < -0.3 is 10.2 Å². The number of carbonyl (C=O) groups excluding carboxylic acids is 1. The minimum atomic E-state index is 0.225. The van der Waals surface area contributed by atoms with Crippen LogP contribution in [0.15, 0.2) is 0 Å². The van der Waals surface area contributed by atoms with Crippen molar-refractivity contribution in [1.29, 1.82) is 0 Å². The number of carbonyl (C=O) groups is 1. The maximum Gasteiger partial charge on any atom is 0.221 e. The Morgan fingerprint density at radius 3 is 2.38 bits per heavy atom. The Bertz CT molecular complexity index is 374. The van der Waals surface area contributed by atoms with Gasteiger partial charge in [0.2, 0.25) is 5.91 Å². The molecule has 3 fully saturated rings. The molecule has 2 saturated heterocycles. The van der Waals surface area contributed by atoms with E-state index in [1.165, 1.54) is 45.2 Å². The molecule has 1 saturated carbocycles. The maximum absolute atomic E-state index is 11.5. The molecule has 0 radical (unpaired) electrons. The third-order valence-corrected chi connectivity index (χ3v) is 5.82. The van der Waals surface area contributed by atoms with E-state index in [1.54, 1.807) is 0 Å². The molecule has 4 nitrogen and oxygen atoms in total. The quantitative estimate of drug-likeness (QED) is 0.844. The van der Waals surface area contributed by atoms with Crippen LogP contribution in [-0.2, 0) is 4.79 Å². The van der Waals surface area contributed by atoms with Crippen LogP contribution in [0, 0.1) is 5.41 Å². The molecule has 1 amide bonds. The fourth-order valence-electron chi connectivity index (χ4n) is 4.48. The lowest BCUT2D eigenvalue weighted by atomic mass is 9.91. The molecule has 0 spiro atoms. The van der Waals surface area contributed by atoms with Gasteiger partial charge >= 0.3 is 0 Å². The van der Waals surface area contributed by atoms with Gasteiger partial charge in [0.05, 0.1) is 0 Å². The first-order valence-corrected chi connectivity index (χ1v) is 8.78. The van der Waals surface area contributed by atoms with Crippen molar-refractivity contribution in [3.05, 3.63) is 0 Å². The van der Waals surface area contributed by atoms with Crippen LogP contribution in [0.3, 0.4) is 0 Å². The first-order chi connectivity index (χ1) is 10.0. The molecule has 1 N–H and O–H groups in total. The summed E-state index contributed by atoms with van der Waals surface area (Å²) in [6.45, 7) is 10.2. The average Bonchev–Trinajstić information content (AvgIpc) is 2.68. The van der Waals surface area contributed by atoms with E-state index in [-0.39, 0.29) is 5.91 Å². The van der Waals surface area contributed by atoms with Gasteiger partial charge in [-0.25, -0.2) is 0 Å². The highest BCUT2D eigenvalue weighted by molar-refractivity contribution is 5.76. The lowest BCUT2D eigenvalue weighted by Crippen LogP contribution is -2.48. The van der Waals surface area contributed by atoms with Crippen molar-refractivity contribution in [2.24, 2.45) is 5.41 Å². The van der Waals surface area contributed by atoms with Crippen LogP contribution in [0.5, 0.6) is 0 Å². The largest absolute Gasteiger partial charge is 0.355 e. The molecular formula is C17H31N3O. The first-order valence-electron chi connectivity index (χ1n) is 8.78. The fourth-order valence-corrected chi connectivity index (χ4v) is 4.48. The highest BCUT2D eigenvalue weighted by atomic mass is 16.1. The van der Waals surface area contributed by atoms with Crippen molar-refractivity contribution in [2.45, 2.75) is 64.5 Å². The molecular weight excluding hydrogens is 262 g/mol. The minimum absolute atomic E-state index is 0.225. The van der Waals surface area contributed by atoms with E-state index < -0.39 is 0 Å². The molecule has 0 aromatic rings. The summed E-state index contributed by atoms with van der Waals surface area (Å²) in [4.78, 5) is 16.7. The van der Waals surface area contributed by atoms with Crippen molar-refractivity contribution < 1.29 is 4.79 Å². The summed E-state index contributed by atoms with van der Waals surface area (Å²) in [7, 11) is 0. The number of amides is 1. The summed E-state index contributed by atoms with van der Waals surface area (Å²) < 4.78 is 0. The van der Waals surface area contributed by atoms with E-state index in [4.69, 9.17) is 0 Å². The molecule has 3 rings (SSSR count). The Morgan fingerprint density at radius 2 is 1.71 bits per heavy atom. The zero-order valence-electron chi connectivity index (χ0n) is 13.7. The second-order valence-corrected chi connectivity index (χ2v) is 7.96. The van der Waals surface area contributed by atoms with Gasteiger partial charge in [0.25, 0.3) is 0 Å². The highest BCUT2D eigenvalue weighted by Gasteiger charge is 2.36. The van der Waals surface area contributed by atoms with Crippen LogP contribution < -0.4 is 5.32 Å². The van der Waals surface area contributed by atoms with Gasteiger partial charge in [0, 0.05) is 38.1 Å². The Labute approximate surface area is 129 Å². The topological polar surface area (TPSA) is 35.6 Å². The molecule has 0 aromatic carbocycles. The predicted octanol–water partition coefficient (Wildman–Crippen LogP) is 1.85. The van der Waals surface area contributed by atoms with Crippen molar-refractivity contribution in [3.8, 4) is 0 Å². The Hall–Kier alpha value is -0.610. The standard InChI is InChI=1S/C17H31N3O/c1-17(2)7-3-15(13-17)19-9-4-14(5-10-19)20-11-6-16(21)18-8-12-20/h14-15H,3-13H2,1-2H3,(H,18,21). The molecule has 2 heterocycles. The average molecular weight is 293 g/mol. The predicted molar refractivity (Wildman–Crippen MR) is 85.2 cm³/mol. The summed E-state index contributed by atoms with van der Waals surface area (Å²) in [6, 6.07) is 1.52. The number of nitrogens with one attached hydrogen (secondary N) is 1. The number of hydrogen-bond acceptors (Lipinski definition) is 3. The van der Waals surface area contributed by atoms with Gasteiger partial charge in [-0.2, -0.15) is 0 Å². The summed E-state index contributed by atoms with van der Waals surface area (Å²) in [5, 5.41) is 2.99. The van der Waals surface area contributed by atoms with Gasteiger partial charge in [-0.15, -0.1) is 0 Å². The SMILES string of the molecule is CC1(C)CCC(N2CCC(N3CCNC(=O)CC3)CC2)C1. The minimum Gasteiger partial charge on any atom is -0.355 e. The second kappa shape index (κ2) is 6.25. The van der Waals surface area contributed by atoms with E-state index in [9.17, 15) is 4.79 Å². The molecule has 3 aliphatic rings. The molecule has 0 bridgehead atoms. The second-order valence-electron chi connectivity index (χ2n) is 7.96. The lowest BCUT2D eigenvalue weighted by molar-refractivity contribution is -0.120. The monoisotopic (exact) mass is 293 g/mol. The Kier molecular flexibility index (Phi) is 4.55. The number of hydrogen-bond donors (Lipinski definition) is 1. The van der Waals surface area contributed by atoms with E-state index in [0.29, 0.717) is 17.9 Å². The number of rotatable bonds is 2. The summed E-state index contributed by atoms with van der Waals surface area (Å²) in [5.41, 5.74) is 0.554. The van der Waals surface area contributed by atoms with E-state index in [2.05, 4.69) is 29.0 Å². The van der Waals surface area contributed by atoms with Crippen molar-refractivity contribution in [1.82, 2.24) is 15.1 Å². The Balaban J connectivity index is 1.48. The van der Waals surface area contributed by atoms with Gasteiger partial charge in [0.15, 0.2) is 0 Å². The molecule has 1 atom stereocenters. The van der Waals surface area contributed by atoms with Crippen molar-refractivity contribution in [2.75, 3.05) is 32.7 Å². The Morgan fingerprint density at radius 1 is 1.00 bits per heavy atom. The van der Waals surface area contributed by atoms with E-state index in [0.717, 1.165) is 25.7 Å². The van der Waals surface area contributed by atoms with Gasteiger partial charge in [-0.05, 0) is 50.6 Å². The molecule has 2 aliphatic heterocycles. The summed E-state index contributed by atoms with van der Waals surface area (Å²) in [6.07, 6.45) is 7.39. The van der Waals surface area contributed by atoms with Crippen LogP contribution in [-0.4, -0.2) is 60.5 Å². The zero-order chi connectivity index (χ0) is 14.9. The zero-order valence-corrected chi connectivity index (χ0v) is 13.7. The summed E-state index contributed by atoms with van der Waals surface area (Å²) in [5.74, 6) is 0.225. The van der Waals surface area contributed by atoms with Crippen molar-refractivity contribution >= 4 is 5.91 Å². The molecule has 1 unspecified atom stereocenters. The van der Waals surface area contributed by atoms with E-state index in [1.807, 2.05) is 0 Å². The fraction of sp³-hybridized carbons (Fsp3) is 0.941. The molecule has 21 heavy (non-hydrogen) atoms. The molecule has 1 aliphatic carbocycles. The molecule has 4 heteroatoms. The number of likely N-dealkylation sites (tertiary alicyclic amines) is 1. The maximum atomic E-state index is 11.5. The summed E-state index contributed by atoms with van der Waals surface area (Å²) >= 11 is 0. The van der Waals surface area contributed by atoms with Crippen LogP contribution in [0.25, 0.3) is 0 Å². The number of nitrogens with zero attached hydrogens (tertiary/aromatic N) is 2. The molecule has 120 valence electrons. The van der Waals surface area contributed by atoms with Crippen LogP contribution >= 0.6 is 0 Å². The normalized spacial score (nSPS) is 32.9.